The van der Waals surface area contributed by atoms with E-state index in [1.165, 1.54) is 12.1 Å². The van der Waals surface area contributed by atoms with E-state index in [1.54, 1.807) is 18.2 Å². The Morgan fingerprint density at radius 1 is 1.00 bits per heavy atom. The molecule has 2 rings (SSSR count). The Hall–Kier alpha value is -0.270. The van der Waals surface area contributed by atoms with E-state index in [1.807, 2.05) is 6.92 Å². The van der Waals surface area contributed by atoms with Crippen molar-refractivity contribution in [3.05, 3.63) is 54.9 Å². The van der Waals surface area contributed by atoms with Gasteiger partial charge in [-0.1, -0.05) is 29.3 Å². The molecule has 1 N–H and O–H groups in total. The minimum absolute atomic E-state index is 0.128. The van der Waals surface area contributed by atoms with E-state index in [2.05, 4.69) is 36.6 Å². The van der Waals surface area contributed by atoms with Crippen LogP contribution in [-0.2, 0) is 10.0 Å². The molecule has 2 aromatic rings. The number of benzene rings is 2. The molecule has 8 heteroatoms. The average molecular weight is 474 g/mol. The first kappa shape index (κ1) is 17.1. The van der Waals surface area contributed by atoms with Crippen molar-refractivity contribution in [2.45, 2.75) is 11.8 Å². The molecule has 112 valence electrons. The number of hydrogen-bond donors (Lipinski definition) is 1. The molecule has 0 heterocycles. The number of anilines is 1. The maximum absolute atomic E-state index is 12.4. The number of rotatable bonds is 3. The van der Waals surface area contributed by atoms with Gasteiger partial charge in [-0.2, -0.15) is 0 Å². The van der Waals surface area contributed by atoms with Crippen LogP contribution in [0.1, 0.15) is 5.56 Å². The Labute approximate surface area is 150 Å². The van der Waals surface area contributed by atoms with Crippen molar-refractivity contribution in [2.75, 3.05) is 4.72 Å². The van der Waals surface area contributed by atoms with Gasteiger partial charge in [-0.3, -0.25) is 4.72 Å². The molecule has 0 saturated heterocycles. The Balaban J connectivity index is 2.45. The summed E-state index contributed by atoms with van der Waals surface area (Å²) in [4.78, 5) is 0.128. The Morgan fingerprint density at radius 3 is 2.29 bits per heavy atom. The summed E-state index contributed by atoms with van der Waals surface area (Å²) >= 11 is 18.5. The van der Waals surface area contributed by atoms with Crippen molar-refractivity contribution in [3.63, 3.8) is 0 Å². The first-order valence-electron chi connectivity index (χ1n) is 5.65. The molecule has 0 spiro atoms. The van der Waals surface area contributed by atoms with Gasteiger partial charge in [-0.15, -0.1) is 0 Å². The van der Waals surface area contributed by atoms with E-state index in [4.69, 9.17) is 23.2 Å². The molecular weight excluding hydrogens is 465 g/mol. The highest BCUT2D eigenvalue weighted by Gasteiger charge is 2.20. The third-order valence-electron chi connectivity index (χ3n) is 2.66. The van der Waals surface area contributed by atoms with Crippen LogP contribution in [0, 0.1) is 6.92 Å². The molecule has 0 saturated carbocycles. The highest BCUT2D eigenvalue weighted by molar-refractivity contribution is 9.10. The van der Waals surface area contributed by atoms with Gasteiger partial charge in [-0.05, 0) is 68.6 Å². The highest BCUT2D eigenvalue weighted by Crippen LogP contribution is 2.37. The number of aryl methyl sites for hydroxylation is 1. The molecule has 3 nitrogen and oxygen atoms in total. The SMILES string of the molecule is Cc1ccc(S(=O)(=O)Nc2ccc(Br)c(Cl)c2Cl)c(Br)c1. The van der Waals surface area contributed by atoms with Crippen LogP contribution >= 0.6 is 55.1 Å². The lowest BCUT2D eigenvalue weighted by Gasteiger charge is -2.12. The lowest BCUT2D eigenvalue weighted by molar-refractivity contribution is 0.600. The molecule has 0 bridgehead atoms. The first-order valence-corrected chi connectivity index (χ1v) is 9.47. The zero-order valence-corrected chi connectivity index (χ0v) is 16.1. The van der Waals surface area contributed by atoms with Crippen LogP contribution in [0.4, 0.5) is 5.69 Å². The van der Waals surface area contributed by atoms with E-state index in [9.17, 15) is 8.42 Å². The van der Waals surface area contributed by atoms with Crippen LogP contribution < -0.4 is 4.72 Å². The van der Waals surface area contributed by atoms with Gasteiger partial charge in [0.2, 0.25) is 0 Å². The van der Waals surface area contributed by atoms with Crippen LogP contribution in [0.15, 0.2) is 44.2 Å². The Kier molecular flexibility index (Phi) is 5.26. The minimum Gasteiger partial charge on any atom is -0.278 e. The first-order chi connectivity index (χ1) is 9.72. The molecule has 0 aliphatic carbocycles. The number of nitrogens with one attached hydrogen (secondary N) is 1. The summed E-state index contributed by atoms with van der Waals surface area (Å²) in [6.07, 6.45) is 0. The van der Waals surface area contributed by atoms with E-state index in [0.29, 0.717) is 8.95 Å². The molecule has 0 aromatic heterocycles. The average Bonchev–Trinajstić information content (AvgIpc) is 2.39. The maximum atomic E-state index is 12.4. The zero-order chi connectivity index (χ0) is 15.8. The third-order valence-corrected chi connectivity index (χ3v) is 6.77. The standard InChI is InChI=1S/C13H9Br2Cl2NO2S/c1-7-2-5-11(9(15)6-7)21(19,20)18-10-4-3-8(14)12(16)13(10)17/h2-6,18H,1H3. The predicted molar refractivity (Wildman–Crippen MR) is 93.8 cm³/mol. The molecule has 0 fully saturated rings. The molecule has 0 aliphatic heterocycles. The normalized spacial score (nSPS) is 11.5. The van der Waals surface area contributed by atoms with Gasteiger partial charge in [0.1, 0.15) is 4.90 Å². The Bertz CT molecular complexity index is 810. The molecule has 0 atom stereocenters. The van der Waals surface area contributed by atoms with Crippen molar-refractivity contribution in [1.29, 1.82) is 0 Å². The zero-order valence-electron chi connectivity index (χ0n) is 10.6. The lowest BCUT2D eigenvalue weighted by Crippen LogP contribution is -2.14. The quantitative estimate of drug-likeness (QED) is 0.587. The molecule has 21 heavy (non-hydrogen) atoms. The van der Waals surface area contributed by atoms with Crippen LogP contribution in [-0.4, -0.2) is 8.42 Å². The summed E-state index contributed by atoms with van der Waals surface area (Å²) in [6, 6.07) is 8.13. The van der Waals surface area contributed by atoms with Gasteiger partial charge >= 0.3 is 0 Å². The molecule has 0 radical (unpaired) electrons. The number of sulfonamides is 1. The van der Waals surface area contributed by atoms with Gasteiger partial charge in [0.05, 0.1) is 15.7 Å². The summed E-state index contributed by atoms with van der Waals surface area (Å²) < 4.78 is 28.4. The molecule has 0 aliphatic rings. The van der Waals surface area contributed by atoms with E-state index in [-0.39, 0.29) is 20.6 Å². The van der Waals surface area contributed by atoms with Crippen LogP contribution in [0.2, 0.25) is 10.0 Å². The van der Waals surface area contributed by atoms with Crippen LogP contribution in [0.5, 0.6) is 0 Å². The number of halogens is 4. The number of hydrogen-bond acceptors (Lipinski definition) is 2. The Morgan fingerprint density at radius 2 is 1.67 bits per heavy atom. The summed E-state index contributed by atoms with van der Waals surface area (Å²) in [7, 11) is -3.77. The minimum atomic E-state index is -3.77. The maximum Gasteiger partial charge on any atom is 0.263 e. The largest absolute Gasteiger partial charge is 0.278 e. The van der Waals surface area contributed by atoms with E-state index >= 15 is 0 Å². The molecule has 2 aromatic carbocycles. The summed E-state index contributed by atoms with van der Waals surface area (Å²) in [5.41, 5.74) is 1.17. The van der Waals surface area contributed by atoms with E-state index < -0.39 is 10.0 Å². The fourth-order valence-electron chi connectivity index (χ4n) is 1.63. The summed E-state index contributed by atoms with van der Waals surface area (Å²) in [5.74, 6) is 0. The van der Waals surface area contributed by atoms with Crippen LogP contribution in [0.25, 0.3) is 0 Å². The second-order valence-corrected chi connectivity index (χ2v) is 8.38. The molecule has 0 unspecified atom stereocenters. The van der Waals surface area contributed by atoms with Crippen molar-refractivity contribution in [1.82, 2.24) is 0 Å². The van der Waals surface area contributed by atoms with Gasteiger partial charge in [0, 0.05) is 8.95 Å². The predicted octanol–water partition coefficient (Wildman–Crippen LogP) is 5.63. The fraction of sp³-hybridized carbons (Fsp3) is 0.0769. The van der Waals surface area contributed by atoms with Crippen molar-refractivity contribution < 1.29 is 8.42 Å². The van der Waals surface area contributed by atoms with Gasteiger partial charge < -0.3 is 0 Å². The fourth-order valence-corrected chi connectivity index (χ4v) is 4.77. The smallest absolute Gasteiger partial charge is 0.263 e. The van der Waals surface area contributed by atoms with Crippen molar-refractivity contribution in [3.8, 4) is 0 Å². The van der Waals surface area contributed by atoms with Crippen molar-refractivity contribution >= 4 is 70.8 Å². The van der Waals surface area contributed by atoms with Crippen molar-refractivity contribution in [2.24, 2.45) is 0 Å². The lowest BCUT2D eigenvalue weighted by atomic mass is 10.2. The monoisotopic (exact) mass is 471 g/mol. The van der Waals surface area contributed by atoms with Gasteiger partial charge in [-0.25, -0.2) is 8.42 Å². The second-order valence-electron chi connectivity index (χ2n) is 4.26. The third kappa shape index (κ3) is 3.74. The summed E-state index contributed by atoms with van der Waals surface area (Å²) in [5, 5.41) is 0.387. The highest BCUT2D eigenvalue weighted by atomic mass is 79.9. The van der Waals surface area contributed by atoms with Gasteiger partial charge in [0.15, 0.2) is 0 Å². The molecule has 0 amide bonds. The second kappa shape index (κ2) is 6.46. The van der Waals surface area contributed by atoms with E-state index in [0.717, 1.165) is 5.56 Å². The topological polar surface area (TPSA) is 46.2 Å². The van der Waals surface area contributed by atoms with Gasteiger partial charge in [0.25, 0.3) is 10.0 Å². The summed E-state index contributed by atoms with van der Waals surface area (Å²) in [6.45, 7) is 1.87. The van der Waals surface area contributed by atoms with Crippen LogP contribution in [0.3, 0.4) is 0 Å². The molecular formula is C13H9Br2Cl2NO2S.